The van der Waals surface area contributed by atoms with Gasteiger partial charge < -0.3 is 19.7 Å². The molecule has 0 amide bonds. The highest BCUT2D eigenvalue weighted by Gasteiger charge is 2.32. The molecule has 0 aliphatic carbocycles. The van der Waals surface area contributed by atoms with Crippen LogP contribution in [-0.4, -0.2) is 37.1 Å². The van der Waals surface area contributed by atoms with Crippen molar-refractivity contribution in [1.82, 2.24) is 4.90 Å². The average Bonchev–Trinajstić information content (AvgIpc) is 2.82. The molecule has 3 aromatic rings. The number of morpholine rings is 1. The summed E-state index contributed by atoms with van der Waals surface area (Å²) < 4.78 is 74.2. The van der Waals surface area contributed by atoms with Gasteiger partial charge in [0.2, 0.25) is 0 Å². The van der Waals surface area contributed by atoms with Gasteiger partial charge in [0.05, 0.1) is 18.5 Å². The Morgan fingerprint density at radius 1 is 0.914 bits per heavy atom. The molecule has 1 unspecified atom stereocenters. The molecule has 0 spiro atoms. The Morgan fingerprint density at radius 2 is 1.46 bits per heavy atom. The van der Waals surface area contributed by atoms with E-state index in [1.807, 2.05) is 4.90 Å². The van der Waals surface area contributed by atoms with E-state index in [0.29, 0.717) is 31.2 Å². The molecular weight excluding hydrogens is 467 g/mol. The van der Waals surface area contributed by atoms with Crippen LogP contribution in [0, 0.1) is 11.6 Å². The minimum Gasteiger partial charge on any atom is -0.406 e. The molecule has 1 heterocycles. The first-order valence-electron chi connectivity index (χ1n) is 10.9. The number of nitrogens with one attached hydrogen (secondary N) is 1. The van der Waals surface area contributed by atoms with E-state index in [-0.39, 0.29) is 29.4 Å². The van der Waals surface area contributed by atoms with Gasteiger partial charge >= 0.3 is 6.36 Å². The molecule has 35 heavy (non-hydrogen) atoms. The van der Waals surface area contributed by atoms with Crippen molar-refractivity contribution in [1.29, 1.82) is 0 Å². The minimum atomic E-state index is -4.76. The molecule has 0 bridgehead atoms. The Morgan fingerprint density at radius 3 is 1.97 bits per heavy atom. The number of benzene rings is 3. The molecule has 4 rings (SSSR count). The van der Waals surface area contributed by atoms with Crippen molar-refractivity contribution in [2.45, 2.75) is 18.4 Å². The normalized spacial score (nSPS) is 16.3. The predicted octanol–water partition coefficient (Wildman–Crippen LogP) is 6.28. The molecule has 1 fully saturated rings. The first-order valence-corrected chi connectivity index (χ1v) is 10.9. The zero-order chi connectivity index (χ0) is 25.0. The van der Waals surface area contributed by atoms with Gasteiger partial charge in [0.1, 0.15) is 17.4 Å². The third-order valence-electron chi connectivity index (χ3n) is 5.68. The lowest BCUT2D eigenvalue weighted by Crippen LogP contribution is -2.45. The van der Waals surface area contributed by atoms with Gasteiger partial charge in [0.15, 0.2) is 0 Å². The van der Waals surface area contributed by atoms with E-state index in [4.69, 9.17) is 4.74 Å². The molecule has 1 atom stereocenters. The van der Waals surface area contributed by atoms with Gasteiger partial charge in [-0.15, -0.1) is 13.2 Å². The van der Waals surface area contributed by atoms with Crippen molar-refractivity contribution in [2.24, 2.45) is 0 Å². The van der Waals surface area contributed by atoms with Gasteiger partial charge in [-0.05, 0) is 59.7 Å². The second-order valence-corrected chi connectivity index (χ2v) is 8.08. The third kappa shape index (κ3) is 6.51. The fourth-order valence-electron chi connectivity index (χ4n) is 4.07. The van der Waals surface area contributed by atoms with Crippen molar-refractivity contribution in [3.63, 3.8) is 0 Å². The lowest BCUT2D eigenvalue weighted by atomic mass is 9.85. The van der Waals surface area contributed by atoms with Crippen LogP contribution in [0.4, 0.5) is 27.6 Å². The van der Waals surface area contributed by atoms with Gasteiger partial charge in [-0.1, -0.05) is 30.8 Å². The standard InChI is InChI=1S/C26H23F5N2O2/c1-17(32-22-10-12-23(13-11-22)35-26(29,30)31)33-14-15-34-24(16-33)25(18-2-6-20(27)7-3-18)19-4-8-21(28)9-5-19/h2-13,24-25,32H,1,14-16H2. The number of rotatable bonds is 7. The van der Waals surface area contributed by atoms with Gasteiger partial charge in [0, 0.05) is 24.7 Å². The Labute approximate surface area is 199 Å². The molecule has 9 heteroatoms. The molecule has 0 aromatic heterocycles. The first kappa shape index (κ1) is 24.5. The number of hydrogen-bond donors (Lipinski definition) is 1. The van der Waals surface area contributed by atoms with Crippen LogP contribution >= 0.6 is 0 Å². The van der Waals surface area contributed by atoms with Crippen LogP contribution in [-0.2, 0) is 4.74 Å². The molecule has 1 aliphatic rings. The van der Waals surface area contributed by atoms with Crippen molar-refractivity contribution in [3.8, 4) is 5.75 Å². The van der Waals surface area contributed by atoms with Crippen molar-refractivity contribution in [3.05, 3.63) is 108 Å². The highest BCUT2D eigenvalue weighted by molar-refractivity contribution is 5.50. The van der Waals surface area contributed by atoms with Gasteiger partial charge in [-0.3, -0.25) is 0 Å². The SMILES string of the molecule is C=C(Nc1ccc(OC(F)(F)F)cc1)N1CCOC(C(c2ccc(F)cc2)c2ccc(F)cc2)C1. The fourth-order valence-corrected chi connectivity index (χ4v) is 4.07. The Hall–Kier alpha value is -3.59. The molecule has 4 nitrogen and oxygen atoms in total. The van der Waals surface area contributed by atoms with Crippen LogP contribution in [0.25, 0.3) is 0 Å². The average molecular weight is 490 g/mol. The van der Waals surface area contributed by atoms with E-state index >= 15 is 0 Å². The zero-order valence-electron chi connectivity index (χ0n) is 18.6. The Balaban J connectivity index is 1.49. The molecule has 3 aromatic carbocycles. The Bertz CT molecular complexity index is 1090. The lowest BCUT2D eigenvalue weighted by Gasteiger charge is -2.39. The number of anilines is 1. The predicted molar refractivity (Wildman–Crippen MR) is 122 cm³/mol. The maximum Gasteiger partial charge on any atom is 0.573 e. The number of alkyl halides is 3. The van der Waals surface area contributed by atoms with Gasteiger partial charge in [0.25, 0.3) is 0 Å². The summed E-state index contributed by atoms with van der Waals surface area (Å²) in [4.78, 5) is 1.97. The number of ether oxygens (including phenoxy) is 2. The smallest absolute Gasteiger partial charge is 0.406 e. The maximum absolute atomic E-state index is 13.6. The van der Waals surface area contributed by atoms with Crippen LogP contribution in [0.3, 0.4) is 0 Å². The second-order valence-electron chi connectivity index (χ2n) is 8.08. The van der Waals surface area contributed by atoms with Crippen molar-refractivity contribution >= 4 is 5.69 Å². The monoisotopic (exact) mass is 490 g/mol. The fraction of sp³-hybridized carbons (Fsp3) is 0.231. The maximum atomic E-state index is 13.6. The van der Waals surface area contributed by atoms with Crippen LogP contribution < -0.4 is 10.1 Å². The van der Waals surface area contributed by atoms with Gasteiger partial charge in [-0.25, -0.2) is 8.78 Å². The summed E-state index contributed by atoms with van der Waals surface area (Å²) in [6, 6.07) is 17.6. The number of nitrogens with zero attached hydrogens (tertiary/aromatic N) is 1. The molecule has 184 valence electrons. The van der Waals surface area contributed by atoms with Crippen LogP contribution in [0.15, 0.2) is 85.2 Å². The summed E-state index contributed by atoms with van der Waals surface area (Å²) in [5.41, 5.74) is 2.19. The molecule has 1 aliphatic heterocycles. The lowest BCUT2D eigenvalue weighted by molar-refractivity contribution is -0.274. The third-order valence-corrected chi connectivity index (χ3v) is 5.68. The van der Waals surface area contributed by atoms with E-state index < -0.39 is 6.36 Å². The minimum absolute atomic E-state index is 0.286. The Kier molecular flexibility index (Phi) is 7.25. The second kappa shape index (κ2) is 10.4. The van der Waals surface area contributed by atoms with Crippen LogP contribution in [0.5, 0.6) is 5.75 Å². The topological polar surface area (TPSA) is 33.7 Å². The number of hydrogen-bond acceptors (Lipinski definition) is 4. The summed E-state index contributed by atoms with van der Waals surface area (Å²) in [5, 5.41) is 3.10. The summed E-state index contributed by atoms with van der Waals surface area (Å²) in [6.07, 6.45) is -5.10. The van der Waals surface area contributed by atoms with Gasteiger partial charge in [-0.2, -0.15) is 0 Å². The highest BCUT2D eigenvalue weighted by atomic mass is 19.4. The van der Waals surface area contributed by atoms with Crippen molar-refractivity contribution < 1.29 is 31.4 Å². The zero-order valence-corrected chi connectivity index (χ0v) is 18.6. The summed E-state index contributed by atoms with van der Waals surface area (Å²) in [5.74, 6) is -0.782. The van der Waals surface area contributed by atoms with E-state index in [1.54, 1.807) is 24.3 Å². The molecule has 0 radical (unpaired) electrons. The van der Waals surface area contributed by atoms with E-state index in [9.17, 15) is 22.0 Å². The van der Waals surface area contributed by atoms with E-state index in [0.717, 1.165) is 11.1 Å². The van der Waals surface area contributed by atoms with Crippen LogP contribution in [0.2, 0.25) is 0 Å². The molecule has 0 saturated carbocycles. The summed E-state index contributed by atoms with van der Waals surface area (Å²) >= 11 is 0. The first-order chi connectivity index (χ1) is 16.7. The number of halogens is 5. The molecule has 1 N–H and O–H groups in total. The van der Waals surface area contributed by atoms with E-state index in [1.165, 1.54) is 48.5 Å². The van der Waals surface area contributed by atoms with Crippen molar-refractivity contribution in [2.75, 3.05) is 25.0 Å². The quantitative estimate of drug-likeness (QED) is 0.396. The summed E-state index contributed by atoms with van der Waals surface area (Å²) in [6.45, 7) is 5.43. The van der Waals surface area contributed by atoms with Crippen LogP contribution in [0.1, 0.15) is 17.0 Å². The summed E-state index contributed by atoms with van der Waals surface area (Å²) in [7, 11) is 0. The highest BCUT2D eigenvalue weighted by Crippen LogP contribution is 2.33. The van der Waals surface area contributed by atoms with E-state index in [2.05, 4.69) is 16.6 Å². The molecular formula is C26H23F5N2O2. The molecule has 1 saturated heterocycles. The largest absolute Gasteiger partial charge is 0.573 e.